The summed E-state index contributed by atoms with van der Waals surface area (Å²) in [6.45, 7) is 0.375. The molecule has 82 valence electrons. The van der Waals surface area contributed by atoms with Crippen molar-refractivity contribution in [3.05, 3.63) is 29.8 Å². The topological polar surface area (TPSA) is 53.7 Å². The standard InChI is InChI=1S/C11H15NO3/c1-13-10-6-9(4-3-5-15-12)7-11(8-10)14-2/h3-4,6-8H,5,12H2,1-2H3/b4-3+. The lowest BCUT2D eigenvalue weighted by Crippen LogP contribution is -1.96. The quantitative estimate of drug-likeness (QED) is 0.748. The molecular weight excluding hydrogens is 194 g/mol. The van der Waals surface area contributed by atoms with E-state index in [1.165, 1.54) is 0 Å². The Balaban J connectivity index is 2.86. The average Bonchev–Trinajstić information content (AvgIpc) is 2.29. The Hall–Kier alpha value is -1.52. The molecule has 15 heavy (non-hydrogen) atoms. The summed E-state index contributed by atoms with van der Waals surface area (Å²) in [5, 5.41) is 0. The number of methoxy groups -OCH3 is 2. The first-order chi connectivity index (χ1) is 7.30. The molecule has 4 heteroatoms. The third kappa shape index (κ3) is 3.61. The Morgan fingerprint density at radius 3 is 2.20 bits per heavy atom. The average molecular weight is 209 g/mol. The summed E-state index contributed by atoms with van der Waals surface area (Å²) in [6.07, 6.45) is 3.70. The van der Waals surface area contributed by atoms with Gasteiger partial charge in [-0.05, 0) is 17.7 Å². The molecule has 0 aliphatic heterocycles. The van der Waals surface area contributed by atoms with Gasteiger partial charge in [0, 0.05) is 6.07 Å². The number of ether oxygens (including phenoxy) is 2. The van der Waals surface area contributed by atoms with Crippen LogP contribution in [0.1, 0.15) is 5.56 Å². The van der Waals surface area contributed by atoms with Gasteiger partial charge in [-0.1, -0.05) is 12.2 Å². The molecule has 0 unspecified atom stereocenters. The Kier molecular flexibility index (Phi) is 4.66. The largest absolute Gasteiger partial charge is 0.497 e. The maximum atomic E-state index is 5.13. The minimum atomic E-state index is 0.375. The first-order valence-electron chi connectivity index (χ1n) is 4.51. The lowest BCUT2D eigenvalue weighted by atomic mass is 10.2. The van der Waals surface area contributed by atoms with Gasteiger partial charge in [0.2, 0.25) is 0 Å². The summed E-state index contributed by atoms with van der Waals surface area (Å²) < 4.78 is 10.3. The highest BCUT2D eigenvalue weighted by Crippen LogP contribution is 2.23. The molecule has 0 saturated carbocycles. The molecule has 0 fully saturated rings. The van der Waals surface area contributed by atoms with Crippen LogP contribution in [0.25, 0.3) is 6.08 Å². The van der Waals surface area contributed by atoms with Gasteiger partial charge >= 0.3 is 0 Å². The molecular formula is C11H15NO3. The number of hydrogen-bond donors (Lipinski definition) is 1. The zero-order chi connectivity index (χ0) is 11.1. The van der Waals surface area contributed by atoms with E-state index >= 15 is 0 Å². The summed E-state index contributed by atoms with van der Waals surface area (Å²) in [5.41, 5.74) is 0.975. The van der Waals surface area contributed by atoms with Crippen molar-refractivity contribution in [3.63, 3.8) is 0 Å². The number of rotatable bonds is 5. The molecule has 0 heterocycles. The molecule has 0 spiro atoms. The summed E-state index contributed by atoms with van der Waals surface area (Å²) in [5.74, 6) is 6.41. The van der Waals surface area contributed by atoms with Gasteiger partial charge in [-0.25, -0.2) is 5.90 Å². The predicted molar refractivity (Wildman–Crippen MR) is 58.7 cm³/mol. The molecule has 0 aliphatic rings. The number of hydrogen-bond acceptors (Lipinski definition) is 4. The Labute approximate surface area is 89.2 Å². The van der Waals surface area contributed by atoms with Gasteiger partial charge in [0.05, 0.1) is 20.8 Å². The van der Waals surface area contributed by atoms with Gasteiger partial charge in [-0.15, -0.1) is 0 Å². The third-order valence-electron chi connectivity index (χ3n) is 1.88. The molecule has 0 amide bonds. The molecule has 4 nitrogen and oxygen atoms in total. The fourth-order valence-electron chi connectivity index (χ4n) is 1.17. The zero-order valence-electron chi connectivity index (χ0n) is 8.90. The van der Waals surface area contributed by atoms with Crippen LogP contribution >= 0.6 is 0 Å². The maximum Gasteiger partial charge on any atom is 0.123 e. The Morgan fingerprint density at radius 2 is 1.73 bits per heavy atom. The fourth-order valence-corrected chi connectivity index (χ4v) is 1.17. The van der Waals surface area contributed by atoms with Crippen LogP contribution in [-0.4, -0.2) is 20.8 Å². The first-order valence-corrected chi connectivity index (χ1v) is 4.51. The van der Waals surface area contributed by atoms with Gasteiger partial charge in [0.25, 0.3) is 0 Å². The minimum Gasteiger partial charge on any atom is -0.497 e. The lowest BCUT2D eigenvalue weighted by molar-refractivity contribution is 0.168. The highest BCUT2D eigenvalue weighted by atomic mass is 16.6. The SMILES string of the molecule is COc1cc(/C=C/CON)cc(OC)c1. The molecule has 0 atom stereocenters. The molecule has 1 rings (SSSR count). The smallest absolute Gasteiger partial charge is 0.123 e. The van der Waals surface area contributed by atoms with E-state index < -0.39 is 0 Å². The van der Waals surface area contributed by atoms with Crippen molar-refractivity contribution in [2.75, 3.05) is 20.8 Å². The van der Waals surface area contributed by atoms with Crippen LogP contribution in [0.4, 0.5) is 0 Å². The molecule has 0 saturated heterocycles. The van der Waals surface area contributed by atoms with Crippen LogP contribution in [0.5, 0.6) is 11.5 Å². The normalized spacial score (nSPS) is 10.6. The summed E-state index contributed by atoms with van der Waals surface area (Å²) >= 11 is 0. The predicted octanol–water partition coefficient (Wildman–Crippen LogP) is 1.61. The van der Waals surface area contributed by atoms with Gasteiger partial charge < -0.3 is 14.3 Å². The molecule has 1 aromatic rings. The minimum absolute atomic E-state index is 0.375. The second kappa shape index (κ2) is 6.06. The van der Waals surface area contributed by atoms with E-state index in [9.17, 15) is 0 Å². The van der Waals surface area contributed by atoms with E-state index in [1.807, 2.05) is 30.4 Å². The number of benzene rings is 1. The summed E-state index contributed by atoms with van der Waals surface area (Å²) in [7, 11) is 3.23. The Bertz CT molecular complexity index is 314. The first kappa shape index (κ1) is 11.6. The van der Waals surface area contributed by atoms with Crippen LogP contribution < -0.4 is 15.4 Å². The van der Waals surface area contributed by atoms with Crippen molar-refractivity contribution in [2.24, 2.45) is 5.90 Å². The number of nitrogens with two attached hydrogens (primary N) is 1. The summed E-state index contributed by atoms with van der Waals surface area (Å²) in [6, 6.07) is 5.61. The zero-order valence-corrected chi connectivity index (χ0v) is 8.90. The Morgan fingerprint density at radius 1 is 1.13 bits per heavy atom. The molecule has 1 aromatic carbocycles. The highest BCUT2D eigenvalue weighted by Gasteiger charge is 1.98. The molecule has 0 aliphatic carbocycles. The molecule has 0 aromatic heterocycles. The van der Waals surface area contributed by atoms with E-state index in [0.717, 1.165) is 17.1 Å². The van der Waals surface area contributed by atoms with Crippen molar-refractivity contribution in [3.8, 4) is 11.5 Å². The van der Waals surface area contributed by atoms with Gasteiger partial charge in [0.1, 0.15) is 11.5 Å². The maximum absolute atomic E-state index is 5.13. The summed E-state index contributed by atoms with van der Waals surface area (Å²) in [4.78, 5) is 4.43. The van der Waals surface area contributed by atoms with Gasteiger partial charge in [-0.2, -0.15) is 0 Å². The fraction of sp³-hybridized carbons (Fsp3) is 0.273. The molecule has 0 radical (unpaired) electrons. The molecule has 0 bridgehead atoms. The van der Waals surface area contributed by atoms with Crippen molar-refractivity contribution in [1.82, 2.24) is 0 Å². The second-order valence-corrected chi connectivity index (χ2v) is 2.88. The van der Waals surface area contributed by atoms with Crippen LogP contribution in [0.15, 0.2) is 24.3 Å². The second-order valence-electron chi connectivity index (χ2n) is 2.88. The van der Waals surface area contributed by atoms with E-state index in [-0.39, 0.29) is 0 Å². The molecule has 2 N–H and O–H groups in total. The van der Waals surface area contributed by atoms with Crippen molar-refractivity contribution >= 4 is 6.08 Å². The van der Waals surface area contributed by atoms with Crippen LogP contribution in [0, 0.1) is 0 Å². The van der Waals surface area contributed by atoms with E-state index in [0.29, 0.717) is 6.61 Å². The van der Waals surface area contributed by atoms with Crippen molar-refractivity contribution < 1.29 is 14.3 Å². The van der Waals surface area contributed by atoms with Gasteiger partial charge in [-0.3, -0.25) is 0 Å². The van der Waals surface area contributed by atoms with Gasteiger partial charge in [0.15, 0.2) is 0 Å². The van der Waals surface area contributed by atoms with Crippen LogP contribution in [0.3, 0.4) is 0 Å². The van der Waals surface area contributed by atoms with E-state index in [4.69, 9.17) is 15.4 Å². The van der Waals surface area contributed by atoms with Crippen molar-refractivity contribution in [1.29, 1.82) is 0 Å². The van der Waals surface area contributed by atoms with E-state index in [1.54, 1.807) is 14.2 Å². The van der Waals surface area contributed by atoms with E-state index in [2.05, 4.69) is 4.84 Å². The third-order valence-corrected chi connectivity index (χ3v) is 1.88. The lowest BCUT2D eigenvalue weighted by Gasteiger charge is -2.05. The van der Waals surface area contributed by atoms with Crippen LogP contribution in [0.2, 0.25) is 0 Å². The highest BCUT2D eigenvalue weighted by molar-refractivity contribution is 5.55. The monoisotopic (exact) mass is 209 g/mol. The van der Waals surface area contributed by atoms with Crippen molar-refractivity contribution in [2.45, 2.75) is 0 Å². The van der Waals surface area contributed by atoms with Crippen LogP contribution in [-0.2, 0) is 4.84 Å².